The van der Waals surface area contributed by atoms with Gasteiger partial charge in [-0.2, -0.15) is 0 Å². The zero-order valence-electron chi connectivity index (χ0n) is 11.3. The van der Waals surface area contributed by atoms with Gasteiger partial charge in [0, 0.05) is 6.54 Å². The molecule has 110 valence electrons. The largest absolute Gasteiger partial charge is 0.478 e. The predicted molar refractivity (Wildman–Crippen MR) is 80.2 cm³/mol. The number of carboxylic acids is 1. The van der Waals surface area contributed by atoms with Gasteiger partial charge in [0.15, 0.2) is 0 Å². The molecule has 0 saturated heterocycles. The molecule has 0 unspecified atom stereocenters. The molecular weight excluding hydrogens is 293 g/mol. The van der Waals surface area contributed by atoms with Gasteiger partial charge in [-0.05, 0) is 42.3 Å². The van der Waals surface area contributed by atoms with Crippen LogP contribution in [0.25, 0.3) is 0 Å². The van der Waals surface area contributed by atoms with Gasteiger partial charge in [0.05, 0.1) is 10.6 Å². The van der Waals surface area contributed by atoms with Gasteiger partial charge >= 0.3 is 5.97 Å². The first-order chi connectivity index (χ1) is 10.1. The van der Waals surface area contributed by atoms with Crippen LogP contribution in [0.4, 0.5) is 4.39 Å². The van der Waals surface area contributed by atoms with Crippen molar-refractivity contribution in [2.45, 2.75) is 13.0 Å². The van der Waals surface area contributed by atoms with Crippen LogP contribution in [0.2, 0.25) is 5.02 Å². The van der Waals surface area contributed by atoms with Gasteiger partial charge in [-0.3, -0.25) is 0 Å². The number of nitrogens with one attached hydrogen (secondary N) is 1. The van der Waals surface area contributed by atoms with E-state index in [-0.39, 0.29) is 5.02 Å². The molecule has 3 nitrogen and oxygen atoms in total. The number of rotatable bonds is 6. The number of carbonyl (C=O) groups is 1. The highest BCUT2D eigenvalue weighted by atomic mass is 35.5. The molecule has 2 aromatic rings. The maximum absolute atomic E-state index is 13.0. The third-order valence-corrected chi connectivity index (χ3v) is 3.42. The molecule has 2 N–H and O–H groups in total. The zero-order valence-corrected chi connectivity index (χ0v) is 12.0. The fourth-order valence-corrected chi connectivity index (χ4v) is 2.26. The van der Waals surface area contributed by atoms with Crippen molar-refractivity contribution >= 4 is 17.6 Å². The van der Waals surface area contributed by atoms with Crippen LogP contribution in [0, 0.1) is 5.82 Å². The van der Waals surface area contributed by atoms with Crippen molar-refractivity contribution in [1.82, 2.24) is 5.32 Å². The first-order valence-electron chi connectivity index (χ1n) is 6.54. The van der Waals surface area contributed by atoms with E-state index in [2.05, 4.69) is 5.32 Å². The summed E-state index contributed by atoms with van der Waals surface area (Å²) >= 11 is 5.71. The molecule has 2 aromatic carbocycles. The Hall–Kier alpha value is -1.91. The standard InChI is InChI=1S/C16H15ClFNO2/c17-14-9-11(5-6-15(14)18)10-19-8-7-12-3-1-2-4-13(12)16(20)21/h1-6,9,19H,7-8,10H2,(H,20,21). The SMILES string of the molecule is O=C(O)c1ccccc1CCNCc1ccc(F)c(Cl)c1. The molecule has 0 aromatic heterocycles. The lowest BCUT2D eigenvalue weighted by atomic mass is 10.0. The fourth-order valence-electron chi connectivity index (χ4n) is 2.05. The normalized spacial score (nSPS) is 10.6. The topological polar surface area (TPSA) is 49.3 Å². The summed E-state index contributed by atoms with van der Waals surface area (Å²) in [6, 6.07) is 11.5. The first kappa shape index (κ1) is 15.5. The molecule has 0 saturated carbocycles. The van der Waals surface area contributed by atoms with Crippen molar-refractivity contribution in [3.63, 3.8) is 0 Å². The Morgan fingerprint density at radius 3 is 2.71 bits per heavy atom. The van der Waals surface area contributed by atoms with Crippen molar-refractivity contribution in [3.8, 4) is 0 Å². The van der Waals surface area contributed by atoms with Crippen molar-refractivity contribution in [2.24, 2.45) is 0 Å². The molecule has 0 atom stereocenters. The number of halogens is 2. The Kier molecular flexibility index (Phi) is 5.31. The minimum atomic E-state index is -0.920. The third kappa shape index (κ3) is 4.28. The minimum absolute atomic E-state index is 0.102. The second-order valence-corrected chi connectivity index (χ2v) is 5.04. The van der Waals surface area contributed by atoms with E-state index in [9.17, 15) is 9.18 Å². The summed E-state index contributed by atoms with van der Waals surface area (Å²) < 4.78 is 13.0. The van der Waals surface area contributed by atoms with Gasteiger partial charge < -0.3 is 10.4 Å². The van der Waals surface area contributed by atoms with Crippen molar-refractivity contribution in [3.05, 3.63) is 70.0 Å². The molecule has 0 bridgehead atoms. The average molecular weight is 308 g/mol. The summed E-state index contributed by atoms with van der Waals surface area (Å²) in [5, 5.41) is 12.4. The maximum atomic E-state index is 13.0. The van der Waals surface area contributed by atoms with Crippen LogP contribution in [0.15, 0.2) is 42.5 Å². The molecular formula is C16H15ClFNO2. The summed E-state index contributed by atoms with van der Waals surface area (Å²) in [5.74, 6) is -1.35. The van der Waals surface area contributed by atoms with E-state index in [0.717, 1.165) is 11.1 Å². The Bertz CT molecular complexity index is 646. The Balaban J connectivity index is 1.87. The van der Waals surface area contributed by atoms with Crippen LogP contribution < -0.4 is 5.32 Å². The highest BCUT2D eigenvalue weighted by Gasteiger charge is 2.08. The number of benzene rings is 2. The fraction of sp³-hybridized carbons (Fsp3) is 0.188. The molecule has 0 fully saturated rings. The molecule has 2 rings (SSSR count). The Morgan fingerprint density at radius 2 is 2.00 bits per heavy atom. The van der Waals surface area contributed by atoms with Crippen LogP contribution in [0.3, 0.4) is 0 Å². The van der Waals surface area contributed by atoms with E-state index in [1.165, 1.54) is 6.07 Å². The molecule has 0 aliphatic heterocycles. The lowest BCUT2D eigenvalue weighted by molar-refractivity contribution is 0.0695. The first-order valence-corrected chi connectivity index (χ1v) is 6.91. The molecule has 0 spiro atoms. The average Bonchev–Trinajstić information content (AvgIpc) is 2.47. The lowest BCUT2D eigenvalue weighted by Gasteiger charge is -2.08. The van der Waals surface area contributed by atoms with E-state index < -0.39 is 11.8 Å². The van der Waals surface area contributed by atoms with Gasteiger partial charge in [0.1, 0.15) is 5.82 Å². The van der Waals surface area contributed by atoms with Crippen LogP contribution >= 0.6 is 11.6 Å². The van der Waals surface area contributed by atoms with Crippen LogP contribution in [-0.2, 0) is 13.0 Å². The van der Waals surface area contributed by atoms with E-state index in [0.29, 0.717) is 25.1 Å². The second kappa shape index (κ2) is 7.20. The van der Waals surface area contributed by atoms with Crippen molar-refractivity contribution < 1.29 is 14.3 Å². The van der Waals surface area contributed by atoms with Crippen LogP contribution in [0.5, 0.6) is 0 Å². The predicted octanol–water partition coefficient (Wildman–Crippen LogP) is 3.51. The maximum Gasteiger partial charge on any atom is 0.335 e. The number of hydrogen-bond donors (Lipinski definition) is 2. The second-order valence-electron chi connectivity index (χ2n) is 4.64. The lowest BCUT2D eigenvalue weighted by Crippen LogP contribution is -2.18. The smallest absolute Gasteiger partial charge is 0.335 e. The minimum Gasteiger partial charge on any atom is -0.478 e. The number of carboxylic acid groups (broad SMARTS) is 1. The van der Waals surface area contributed by atoms with Gasteiger partial charge in [0.2, 0.25) is 0 Å². The van der Waals surface area contributed by atoms with E-state index in [1.807, 2.05) is 6.07 Å². The molecule has 0 radical (unpaired) electrons. The van der Waals surface area contributed by atoms with Gasteiger partial charge in [-0.25, -0.2) is 9.18 Å². The zero-order chi connectivity index (χ0) is 15.2. The highest BCUT2D eigenvalue weighted by Crippen LogP contribution is 2.16. The Labute approximate surface area is 127 Å². The van der Waals surface area contributed by atoms with Gasteiger partial charge in [-0.15, -0.1) is 0 Å². The molecule has 0 aliphatic rings. The molecule has 0 amide bonds. The van der Waals surface area contributed by atoms with Gasteiger partial charge in [-0.1, -0.05) is 35.9 Å². The summed E-state index contributed by atoms with van der Waals surface area (Å²) in [6.07, 6.45) is 0.609. The molecule has 0 heterocycles. The molecule has 21 heavy (non-hydrogen) atoms. The summed E-state index contributed by atoms with van der Waals surface area (Å²) in [5.41, 5.74) is 1.99. The summed E-state index contributed by atoms with van der Waals surface area (Å²) in [4.78, 5) is 11.1. The van der Waals surface area contributed by atoms with E-state index in [1.54, 1.807) is 30.3 Å². The molecule has 5 heteroatoms. The highest BCUT2D eigenvalue weighted by molar-refractivity contribution is 6.30. The van der Waals surface area contributed by atoms with E-state index >= 15 is 0 Å². The summed E-state index contributed by atoms with van der Waals surface area (Å²) in [7, 11) is 0. The third-order valence-electron chi connectivity index (χ3n) is 3.13. The monoisotopic (exact) mass is 307 g/mol. The van der Waals surface area contributed by atoms with Gasteiger partial charge in [0.25, 0.3) is 0 Å². The van der Waals surface area contributed by atoms with E-state index in [4.69, 9.17) is 16.7 Å². The molecule has 0 aliphatic carbocycles. The van der Waals surface area contributed by atoms with Crippen molar-refractivity contribution in [1.29, 1.82) is 0 Å². The quantitative estimate of drug-likeness (QED) is 0.803. The van der Waals surface area contributed by atoms with Crippen LogP contribution in [0.1, 0.15) is 21.5 Å². The van der Waals surface area contributed by atoms with Crippen LogP contribution in [-0.4, -0.2) is 17.6 Å². The Morgan fingerprint density at radius 1 is 1.24 bits per heavy atom. The summed E-state index contributed by atoms with van der Waals surface area (Å²) in [6.45, 7) is 1.18. The number of aromatic carboxylic acids is 1. The number of hydrogen-bond acceptors (Lipinski definition) is 2. The van der Waals surface area contributed by atoms with Crippen molar-refractivity contribution in [2.75, 3.05) is 6.54 Å².